The molecular formula is C19H29F2IN4. The quantitative estimate of drug-likeness (QED) is 0.285. The minimum Gasteiger partial charge on any atom is -0.356 e. The number of hydrogen-bond acceptors (Lipinski definition) is 2. The highest BCUT2D eigenvalue weighted by molar-refractivity contribution is 14.0. The minimum atomic E-state index is -0.804. The number of hydrogen-bond donors (Lipinski definition) is 2. The molecular weight excluding hydrogens is 449 g/mol. The van der Waals surface area contributed by atoms with Crippen molar-refractivity contribution in [3.8, 4) is 0 Å². The zero-order valence-electron chi connectivity index (χ0n) is 15.5. The van der Waals surface area contributed by atoms with Crippen molar-refractivity contribution in [2.24, 2.45) is 4.99 Å². The maximum absolute atomic E-state index is 13.6. The van der Waals surface area contributed by atoms with E-state index >= 15 is 0 Å². The fourth-order valence-electron chi connectivity index (χ4n) is 3.06. The summed E-state index contributed by atoms with van der Waals surface area (Å²) in [6.07, 6.45) is 2.50. The molecule has 2 N–H and O–H groups in total. The van der Waals surface area contributed by atoms with E-state index in [4.69, 9.17) is 0 Å². The van der Waals surface area contributed by atoms with Crippen molar-refractivity contribution in [2.75, 3.05) is 33.2 Å². The molecule has 1 aliphatic rings. The Morgan fingerprint density at radius 2 is 2.00 bits per heavy atom. The van der Waals surface area contributed by atoms with Gasteiger partial charge in [0.15, 0.2) is 17.6 Å². The number of nitrogens with zero attached hydrogens (tertiary/aromatic N) is 2. The lowest BCUT2D eigenvalue weighted by Crippen LogP contribution is -2.49. The molecule has 0 spiro atoms. The Bertz CT molecular complexity index is 614. The topological polar surface area (TPSA) is 39.7 Å². The van der Waals surface area contributed by atoms with Crippen molar-refractivity contribution >= 4 is 29.9 Å². The molecule has 1 heterocycles. The van der Waals surface area contributed by atoms with E-state index in [2.05, 4.69) is 34.0 Å². The van der Waals surface area contributed by atoms with Crippen LogP contribution in [-0.2, 0) is 6.42 Å². The highest BCUT2D eigenvalue weighted by atomic mass is 127. The van der Waals surface area contributed by atoms with Gasteiger partial charge in [-0.05, 0) is 37.8 Å². The molecule has 0 amide bonds. The average Bonchev–Trinajstić information content (AvgIpc) is 2.59. The third-order valence-corrected chi connectivity index (χ3v) is 4.36. The Morgan fingerprint density at radius 3 is 2.62 bits per heavy atom. The normalized spacial score (nSPS) is 16.1. The number of guanidine groups is 1. The summed E-state index contributed by atoms with van der Waals surface area (Å²) in [7, 11) is 1.72. The van der Waals surface area contributed by atoms with Gasteiger partial charge in [0, 0.05) is 39.3 Å². The first-order chi connectivity index (χ1) is 12.0. The number of benzene rings is 1. The van der Waals surface area contributed by atoms with Crippen LogP contribution in [0, 0.1) is 11.6 Å². The van der Waals surface area contributed by atoms with Gasteiger partial charge in [-0.2, -0.15) is 0 Å². The van der Waals surface area contributed by atoms with E-state index < -0.39 is 11.6 Å². The van der Waals surface area contributed by atoms with Gasteiger partial charge in [-0.3, -0.25) is 9.89 Å². The van der Waals surface area contributed by atoms with Crippen molar-refractivity contribution in [2.45, 2.75) is 32.2 Å². The summed E-state index contributed by atoms with van der Waals surface area (Å²) in [5, 5.41) is 6.59. The van der Waals surface area contributed by atoms with E-state index in [1.807, 2.05) is 0 Å². The Balaban J connectivity index is 0.00000338. The largest absolute Gasteiger partial charge is 0.356 e. The van der Waals surface area contributed by atoms with Crippen molar-refractivity contribution in [1.82, 2.24) is 15.5 Å². The van der Waals surface area contributed by atoms with Gasteiger partial charge in [0.25, 0.3) is 0 Å². The molecule has 1 fully saturated rings. The molecule has 0 bridgehead atoms. The van der Waals surface area contributed by atoms with E-state index in [0.717, 1.165) is 38.5 Å². The monoisotopic (exact) mass is 478 g/mol. The fourth-order valence-corrected chi connectivity index (χ4v) is 3.06. The molecule has 0 saturated carbocycles. The van der Waals surface area contributed by atoms with Crippen LogP contribution < -0.4 is 10.6 Å². The fraction of sp³-hybridized carbons (Fsp3) is 0.526. The minimum absolute atomic E-state index is 0. The molecule has 1 saturated heterocycles. The molecule has 0 atom stereocenters. The maximum atomic E-state index is 13.6. The first kappa shape index (κ1) is 22.8. The zero-order chi connectivity index (χ0) is 18.2. The smallest absolute Gasteiger partial charge is 0.191 e. The second kappa shape index (κ2) is 11.5. The van der Waals surface area contributed by atoms with Crippen LogP contribution in [0.1, 0.15) is 25.3 Å². The molecule has 0 radical (unpaired) electrons. The number of nitrogens with one attached hydrogen (secondary N) is 2. The second-order valence-corrected chi connectivity index (χ2v) is 6.61. The maximum Gasteiger partial charge on any atom is 0.191 e. The van der Waals surface area contributed by atoms with Crippen molar-refractivity contribution < 1.29 is 8.78 Å². The first-order valence-corrected chi connectivity index (χ1v) is 8.76. The summed E-state index contributed by atoms with van der Waals surface area (Å²) < 4.78 is 26.9. The van der Waals surface area contributed by atoms with Gasteiger partial charge >= 0.3 is 0 Å². The van der Waals surface area contributed by atoms with Gasteiger partial charge in [-0.1, -0.05) is 24.3 Å². The number of piperidine rings is 1. The van der Waals surface area contributed by atoms with E-state index in [0.29, 0.717) is 30.5 Å². The van der Waals surface area contributed by atoms with E-state index in [9.17, 15) is 8.78 Å². The number of likely N-dealkylation sites (tertiary alicyclic amines) is 1. The highest BCUT2D eigenvalue weighted by Gasteiger charge is 2.19. The van der Waals surface area contributed by atoms with Crippen LogP contribution in [0.25, 0.3) is 0 Å². The SMILES string of the molecule is C=C(C)CN1CCC(NC(=NC)NCCc2cccc(F)c2F)CC1.I. The predicted molar refractivity (Wildman–Crippen MR) is 114 cm³/mol. The van der Waals surface area contributed by atoms with E-state index in [1.54, 1.807) is 13.1 Å². The van der Waals surface area contributed by atoms with Crippen LogP contribution in [-0.4, -0.2) is 50.1 Å². The number of aliphatic imine (C=N–C) groups is 1. The Morgan fingerprint density at radius 1 is 1.31 bits per heavy atom. The average molecular weight is 478 g/mol. The van der Waals surface area contributed by atoms with Crippen LogP contribution in [0.3, 0.4) is 0 Å². The molecule has 1 aromatic rings. The standard InChI is InChI=1S/C19H28F2N4.HI/c1-14(2)13-25-11-8-16(9-12-25)24-19(22-3)23-10-7-15-5-4-6-17(20)18(15)21;/h4-6,16H,1,7-13H2,2-3H3,(H2,22,23,24);1H. The lowest BCUT2D eigenvalue weighted by Gasteiger charge is -2.33. The van der Waals surface area contributed by atoms with Gasteiger partial charge in [-0.25, -0.2) is 8.78 Å². The summed E-state index contributed by atoms with van der Waals surface area (Å²) in [6, 6.07) is 4.64. The Labute approximate surface area is 172 Å². The third-order valence-electron chi connectivity index (χ3n) is 4.36. The molecule has 7 heteroatoms. The summed E-state index contributed by atoms with van der Waals surface area (Å²) in [4.78, 5) is 6.63. The van der Waals surface area contributed by atoms with Crippen LogP contribution in [0.15, 0.2) is 35.3 Å². The summed E-state index contributed by atoms with van der Waals surface area (Å²) in [5.41, 5.74) is 1.56. The van der Waals surface area contributed by atoms with Gasteiger partial charge < -0.3 is 10.6 Å². The summed E-state index contributed by atoms with van der Waals surface area (Å²) in [6.45, 7) is 9.54. The summed E-state index contributed by atoms with van der Waals surface area (Å²) in [5.74, 6) is -0.867. The van der Waals surface area contributed by atoms with E-state index in [1.165, 1.54) is 11.6 Å². The van der Waals surface area contributed by atoms with Crippen molar-refractivity contribution in [1.29, 1.82) is 0 Å². The molecule has 1 aromatic carbocycles. The molecule has 146 valence electrons. The molecule has 26 heavy (non-hydrogen) atoms. The summed E-state index contributed by atoms with van der Waals surface area (Å²) >= 11 is 0. The van der Waals surface area contributed by atoms with Gasteiger partial charge in [-0.15, -0.1) is 24.0 Å². The highest BCUT2D eigenvalue weighted by Crippen LogP contribution is 2.12. The van der Waals surface area contributed by atoms with Gasteiger partial charge in [0.2, 0.25) is 0 Å². The lowest BCUT2D eigenvalue weighted by atomic mass is 10.0. The third kappa shape index (κ3) is 7.19. The van der Waals surface area contributed by atoms with Gasteiger partial charge in [0.05, 0.1) is 0 Å². The van der Waals surface area contributed by atoms with Gasteiger partial charge in [0.1, 0.15) is 0 Å². The molecule has 4 nitrogen and oxygen atoms in total. The predicted octanol–water partition coefficient (Wildman–Crippen LogP) is 3.33. The second-order valence-electron chi connectivity index (χ2n) is 6.61. The van der Waals surface area contributed by atoms with Crippen LogP contribution >= 0.6 is 24.0 Å². The van der Waals surface area contributed by atoms with Crippen LogP contribution in [0.5, 0.6) is 0 Å². The number of halogens is 3. The van der Waals surface area contributed by atoms with Crippen molar-refractivity contribution in [3.63, 3.8) is 0 Å². The molecule has 1 aliphatic heterocycles. The van der Waals surface area contributed by atoms with Crippen molar-refractivity contribution in [3.05, 3.63) is 47.5 Å². The van der Waals surface area contributed by atoms with Crippen LogP contribution in [0.4, 0.5) is 8.78 Å². The van der Waals surface area contributed by atoms with E-state index in [-0.39, 0.29) is 24.0 Å². The number of rotatable bonds is 6. The Kier molecular flexibility index (Phi) is 10.1. The van der Waals surface area contributed by atoms with Crippen LogP contribution in [0.2, 0.25) is 0 Å². The Hall–Kier alpha value is -1.22. The molecule has 0 unspecified atom stereocenters. The molecule has 0 aliphatic carbocycles. The first-order valence-electron chi connectivity index (χ1n) is 8.76. The molecule has 0 aromatic heterocycles. The lowest BCUT2D eigenvalue weighted by molar-refractivity contribution is 0.221. The molecule has 2 rings (SSSR count). The zero-order valence-corrected chi connectivity index (χ0v) is 17.9.